The van der Waals surface area contributed by atoms with E-state index in [1.54, 1.807) is 20.0 Å². The monoisotopic (exact) mass is 433 g/mol. The van der Waals surface area contributed by atoms with Gasteiger partial charge in [-0.1, -0.05) is 6.92 Å². The predicted octanol–water partition coefficient (Wildman–Crippen LogP) is 3.86. The third kappa shape index (κ3) is 4.50. The number of nitrogens with one attached hydrogen (secondary N) is 3. The molecule has 0 saturated carbocycles. The first-order chi connectivity index (χ1) is 15.2. The Bertz CT molecular complexity index is 1200. The Hall–Kier alpha value is -3.65. The fourth-order valence-electron chi connectivity index (χ4n) is 3.32. The fourth-order valence-corrected chi connectivity index (χ4v) is 3.32. The second-order valence-corrected chi connectivity index (χ2v) is 8.60. The number of rotatable bonds is 7. The topological polar surface area (TPSA) is 126 Å². The van der Waals surface area contributed by atoms with Gasteiger partial charge in [0.2, 0.25) is 0 Å². The average molecular weight is 434 g/mol. The molecule has 1 aliphatic rings. The Balaban J connectivity index is 1.46. The minimum absolute atomic E-state index is 0.102. The molecule has 8 heteroatoms. The minimum Gasteiger partial charge on any atom is -0.493 e. The Morgan fingerprint density at radius 2 is 2.00 bits per heavy atom. The van der Waals surface area contributed by atoms with Crippen molar-refractivity contribution in [2.75, 3.05) is 25.1 Å². The molecule has 0 atom stereocenters. The lowest BCUT2D eigenvalue weighted by atomic mass is 9.90. The zero-order valence-electron chi connectivity index (χ0n) is 18.4. The second-order valence-electron chi connectivity index (χ2n) is 8.60. The molecule has 32 heavy (non-hydrogen) atoms. The van der Waals surface area contributed by atoms with Crippen LogP contribution in [0.15, 0.2) is 53.9 Å². The quantitative estimate of drug-likeness (QED) is 0.421. The fraction of sp³-hybridized carbons (Fsp3) is 0.292. The summed E-state index contributed by atoms with van der Waals surface area (Å²) in [4.78, 5) is 20.0. The van der Waals surface area contributed by atoms with Crippen LogP contribution in [0.3, 0.4) is 0 Å². The van der Waals surface area contributed by atoms with Gasteiger partial charge in [0.05, 0.1) is 31.7 Å². The molecule has 1 aromatic carbocycles. The SMILES string of the molecule is CC(N)=C(C)C(=N)C(=O)Nc1cnc2[nH]c(-c3ccc(OCC4(C)COC4)cc3)cc2c1. The molecule has 3 heterocycles. The van der Waals surface area contributed by atoms with Gasteiger partial charge in [0.25, 0.3) is 5.91 Å². The van der Waals surface area contributed by atoms with E-state index in [-0.39, 0.29) is 11.1 Å². The van der Waals surface area contributed by atoms with Crippen LogP contribution in [0.25, 0.3) is 22.3 Å². The zero-order chi connectivity index (χ0) is 22.9. The lowest BCUT2D eigenvalue weighted by Gasteiger charge is -2.37. The lowest BCUT2D eigenvalue weighted by Crippen LogP contribution is -2.44. The molecule has 0 aliphatic carbocycles. The Labute approximate surface area is 186 Å². The van der Waals surface area contributed by atoms with Crippen molar-refractivity contribution in [3.63, 3.8) is 0 Å². The van der Waals surface area contributed by atoms with Crippen molar-refractivity contribution >= 4 is 28.3 Å². The van der Waals surface area contributed by atoms with E-state index in [9.17, 15) is 4.79 Å². The number of amides is 1. The van der Waals surface area contributed by atoms with Crippen molar-refractivity contribution in [2.45, 2.75) is 20.8 Å². The number of carbonyl (C=O) groups is 1. The van der Waals surface area contributed by atoms with Crippen LogP contribution < -0.4 is 15.8 Å². The van der Waals surface area contributed by atoms with E-state index >= 15 is 0 Å². The number of pyridine rings is 1. The molecule has 1 amide bonds. The lowest BCUT2D eigenvalue weighted by molar-refractivity contribution is -0.120. The van der Waals surface area contributed by atoms with Crippen LogP contribution in [-0.2, 0) is 9.53 Å². The number of benzene rings is 1. The highest BCUT2D eigenvalue weighted by Gasteiger charge is 2.34. The number of allylic oxidation sites excluding steroid dienone is 1. The van der Waals surface area contributed by atoms with Crippen molar-refractivity contribution in [2.24, 2.45) is 11.1 Å². The summed E-state index contributed by atoms with van der Waals surface area (Å²) < 4.78 is 11.2. The van der Waals surface area contributed by atoms with Gasteiger partial charge >= 0.3 is 0 Å². The molecule has 0 radical (unpaired) electrons. The second kappa shape index (κ2) is 8.47. The number of aromatic amines is 1. The number of carbonyl (C=O) groups excluding carboxylic acids is 1. The standard InChI is InChI=1S/C24H27N5O3/c1-14(15(2)25)21(26)23(30)28-18-8-17-9-20(29-22(17)27-10-18)16-4-6-19(7-5-16)32-13-24(3)11-31-12-24/h4-10,26H,11-13,25H2,1-3H3,(H,27,29)(H,28,30). The summed E-state index contributed by atoms with van der Waals surface area (Å²) in [5.74, 6) is 0.294. The van der Waals surface area contributed by atoms with Crippen LogP contribution in [-0.4, -0.2) is 41.4 Å². The van der Waals surface area contributed by atoms with E-state index < -0.39 is 5.91 Å². The molecule has 166 valence electrons. The number of aromatic nitrogens is 2. The minimum atomic E-state index is -0.526. The molecule has 1 aliphatic heterocycles. The summed E-state index contributed by atoms with van der Waals surface area (Å²) in [6.07, 6.45) is 1.56. The van der Waals surface area contributed by atoms with Crippen LogP contribution in [0.5, 0.6) is 5.75 Å². The van der Waals surface area contributed by atoms with Gasteiger partial charge in [0, 0.05) is 22.2 Å². The van der Waals surface area contributed by atoms with Gasteiger partial charge in [0.15, 0.2) is 0 Å². The molecule has 1 fully saturated rings. The van der Waals surface area contributed by atoms with Crippen LogP contribution in [0.2, 0.25) is 0 Å². The zero-order valence-corrected chi connectivity index (χ0v) is 18.4. The molecule has 8 nitrogen and oxygen atoms in total. The molecule has 4 rings (SSSR count). The Morgan fingerprint density at radius 3 is 2.62 bits per heavy atom. The van der Waals surface area contributed by atoms with E-state index in [1.165, 1.54) is 0 Å². The molecule has 0 unspecified atom stereocenters. The third-order valence-electron chi connectivity index (χ3n) is 5.58. The summed E-state index contributed by atoms with van der Waals surface area (Å²) >= 11 is 0. The van der Waals surface area contributed by atoms with Gasteiger partial charge in [-0.25, -0.2) is 4.98 Å². The summed E-state index contributed by atoms with van der Waals surface area (Å²) in [5.41, 5.74) is 9.64. The van der Waals surface area contributed by atoms with E-state index in [0.717, 1.165) is 35.6 Å². The van der Waals surface area contributed by atoms with Crippen molar-refractivity contribution in [3.05, 3.63) is 53.9 Å². The van der Waals surface area contributed by atoms with Crippen molar-refractivity contribution in [3.8, 4) is 17.0 Å². The van der Waals surface area contributed by atoms with Crippen LogP contribution in [0.4, 0.5) is 5.69 Å². The predicted molar refractivity (Wildman–Crippen MR) is 125 cm³/mol. The summed E-state index contributed by atoms with van der Waals surface area (Å²) in [7, 11) is 0. The van der Waals surface area contributed by atoms with E-state index in [4.69, 9.17) is 20.6 Å². The van der Waals surface area contributed by atoms with Gasteiger partial charge in [-0.3, -0.25) is 10.2 Å². The van der Waals surface area contributed by atoms with Gasteiger partial charge in [0.1, 0.15) is 17.1 Å². The first kappa shape index (κ1) is 21.6. The summed E-state index contributed by atoms with van der Waals surface area (Å²) in [6.45, 7) is 7.57. The Kier molecular flexibility index (Phi) is 5.71. The molecule has 0 bridgehead atoms. The highest BCUT2D eigenvalue weighted by atomic mass is 16.5. The van der Waals surface area contributed by atoms with Crippen LogP contribution in [0, 0.1) is 10.8 Å². The maximum atomic E-state index is 12.3. The van der Waals surface area contributed by atoms with Crippen LogP contribution >= 0.6 is 0 Å². The number of hydrogen-bond donors (Lipinski definition) is 4. The molecule has 0 spiro atoms. The van der Waals surface area contributed by atoms with E-state index in [0.29, 0.717) is 29.2 Å². The number of hydrogen-bond acceptors (Lipinski definition) is 6. The number of anilines is 1. The maximum Gasteiger partial charge on any atom is 0.273 e. The van der Waals surface area contributed by atoms with E-state index in [2.05, 4.69) is 22.2 Å². The molecular weight excluding hydrogens is 406 g/mol. The molecule has 3 aromatic rings. The summed E-state index contributed by atoms with van der Waals surface area (Å²) in [6, 6.07) is 11.7. The Morgan fingerprint density at radius 1 is 1.28 bits per heavy atom. The van der Waals surface area contributed by atoms with E-state index in [1.807, 2.05) is 36.4 Å². The molecule has 1 saturated heterocycles. The average Bonchev–Trinajstić information content (AvgIpc) is 3.19. The van der Waals surface area contributed by atoms with Gasteiger partial charge < -0.3 is 25.5 Å². The molecular formula is C24H27N5O3. The number of ether oxygens (including phenoxy) is 2. The summed E-state index contributed by atoms with van der Waals surface area (Å²) in [5, 5.41) is 11.5. The number of H-pyrrole nitrogens is 1. The largest absolute Gasteiger partial charge is 0.493 e. The van der Waals surface area contributed by atoms with Gasteiger partial charge in [-0.05, 0) is 61.4 Å². The number of nitrogens with two attached hydrogens (primary N) is 1. The third-order valence-corrected chi connectivity index (χ3v) is 5.58. The van der Waals surface area contributed by atoms with Crippen molar-refractivity contribution in [1.29, 1.82) is 5.41 Å². The van der Waals surface area contributed by atoms with Crippen molar-refractivity contribution < 1.29 is 14.3 Å². The highest BCUT2D eigenvalue weighted by Crippen LogP contribution is 2.29. The van der Waals surface area contributed by atoms with Crippen LogP contribution in [0.1, 0.15) is 20.8 Å². The van der Waals surface area contributed by atoms with Gasteiger partial charge in [-0.15, -0.1) is 0 Å². The molecule has 5 N–H and O–H groups in total. The highest BCUT2D eigenvalue weighted by molar-refractivity contribution is 6.47. The smallest absolute Gasteiger partial charge is 0.273 e. The van der Waals surface area contributed by atoms with Gasteiger partial charge in [-0.2, -0.15) is 0 Å². The molecule has 2 aromatic heterocycles. The first-order valence-corrected chi connectivity index (χ1v) is 10.4. The first-order valence-electron chi connectivity index (χ1n) is 10.4. The number of fused-ring (bicyclic) bond motifs is 1. The normalized spacial score (nSPS) is 15.6. The van der Waals surface area contributed by atoms with Crippen molar-refractivity contribution in [1.82, 2.24) is 9.97 Å². The number of nitrogens with zero attached hydrogens (tertiary/aromatic N) is 1. The maximum absolute atomic E-state index is 12.3.